The topological polar surface area (TPSA) is 69.2 Å². The van der Waals surface area contributed by atoms with Crippen LogP contribution in [0.1, 0.15) is 28.4 Å². The summed E-state index contributed by atoms with van der Waals surface area (Å²) in [7, 11) is 0. The second-order valence-electron chi connectivity index (χ2n) is 7.11. The second-order valence-corrected chi connectivity index (χ2v) is 8.88. The highest BCUT2D eigenvalue weighted by molar-refractivity contribution is 9.11. The molecule has 1 amide bonds. The van der Waals surface area contributed by atoms with E-state index in [1.807, 2.05) is 13.0 Å². The van der Waals surface area contributed by atoms with Crippen LogP contribution in [0.3, 0.4) is 0 Å². The molecular formula is C26H23Br2FN2O4. The first-order chi connectivity index (χ1) is 16.9. The van der Waals surface area contributed by atoms with E-state index in [9.17, 15) is 9.18 Å². The molecule has 0 radical (unpaired) electrons. The SMILES string of the molecule is C=CCOc1ccc(C(=O)N/N=C/c2cc(Br)cc(Br)c2OCc2ccc(F)cc2)cc1OCC. The van der Waals surface area contributed by atoms with E-state index >= 15 is 0 Å². The number of amides is 1. The van der Waals surface area contributed by atoms with Gasteiger partial charge < -0.3 is 14.2 Å². The third kappa shape index (κ3) is 7.66. The van der Waals surface area contributed by atoms with Crippen LogP contribution in [-0.4, -0.2) is 25.3 Å². The predicted octanol–water partition coefficient (Wildman–Crippen LogP) is 6.66. The lowest BCUT2D eigenvalue weighted by molar-refractivity contribution is 0.0954. The van der Waals surface area contributed by atoms with Crippen molar-refractivity contribution in [3.8, 4) is 17.2 Å². The zero-order valence-electron chi connectivity index (χ0n) is 18.9. The average Bonchev–Trinajstić information content (AvgIpc) is 2.83. The predicted molar refractivity (Wildman–Crippen MR) is 141 cm³/mol. The molecule has 0 fully saturated rings. The average molecular weight is 606 g/mol. The normalized spacial score (nSPS) is 10.7. The highest BCUT2D eigenvalue weighted by Gasteiger charge is 2.13. The molecule has 0 saturated heterocycles. The molecule has 0 aliphatic carbocycles. The van der Waals surface area contributed by atoms with Gasteiger partial charge in [0, 0.05) is 15.6 Å². The lowest BCUT2D eigenvalue weighted by Gasteiger charge is -2.13. The lowest BCUT2D eigenvalue weighted by atomic mass is 10.2. The van der Waals surface area contributed by atoms with E-state index in [0.717, 1.165) is 10.0 Å². The third-order valence-corrected chi connectivity index (χ3v) is 5.61. The van der Waals surface area contributed by atoms with Crippen LogP contribution in [-0.2, 0) is 6.61 Å². The molecule has 1 N–H and O–H groups in total. The van der Waals surface area contributed by atoms with E-state index in [1.165, 1.54) is 18.3 Å². The third-order valence-electron chi connectivity index (χ3n) is 4.57. The van der Waals surface area contributed by atoms with Crippen LogP contribution < -0.4 is 19.6 Å². The summed E-state index contributed by atoms with van der Waals surface area (Å²) in [6.07, 6.45) is 3.11. The Labute approximate surface area is 220 Å². The Hall–Kier alpha value is -3.17. The Morgan fingerprint density at radius 3 is 2.54 bits per heavy atom. The Morgan fingerprint density at radius 2 is 1.83 bits per heavy atom. The van der Waals surface area contributed by atoms with Gasteiger partial charge in [-0.25, -0.2) is 9.82 Å². The summed E-state index contributed by atoms with van der Waals surface area (Å²) in [6, 6.07) is 14.6. The molecule has 6 nitrogen and oxygen atoms in total. The molecule has 9 heteroatoms. The summed E-state index contributed by atoms with van der Waals surface area (Å²) in [5, 5.41) is 4.09. The molecule has 0 saturated carbocycles. The Morgan fingerprint density at radius 1 is 1.06 bits per heavy atom. The minimum atomic E-state index is -0.416. The van der Waals surface area contributed by atoms with E-state index < -0.39 is 5.91 Å². The number of rotatable bonds is 11. The van der Waals surface area contributed by atoms with Gasteiger partial charge in [0.25, 0.3) is 5.91 Å². The molecule has 35 heavy (non-hydrogen) atoms. The van der Waals surface area contributed by atoms with Crippen LogP contribution in [0.5, 0.6) is 17.2 Å². The van der Waals surface area contributed by atoms with Crippen molar-refractivity contribution in [1.29, 1.82) is 0 Å². The quantitative estimate of drug-likeness (QED) is 0.151. The molecule has 3 aromatic rings. The number of hydrogen-bond donors (Lipinski definition) is 1. The first-order valence-corrected chi connectivity index (χ1v) is 12.2. The molecule has 0 aliphatic rings. The fourth-order valence-electron chi connectivity index (χ4n) is 2.98. The Bertz CT molecular complexity index is 1220. The molecular weight excluding hydrogens is 583 g/mol. The van der Waals surface area contributed by atoms with Gasteiger partial charge in [-0.15, -0.1) is 0 Å². The molecule has 0 unspecified atom stereocenters. The minimum absolute atomic E-state index is 0.230. The van der Waals surface area contributed by atoms with E-state index in [4.69, 9.17) is 14.2 Å². The molecule has 0 atom stereocenters. The van der Waals surface area contributed by atoms with E-state index in [2.05, 4.69) is 49.0 Å². The van der Waals surface area contributed by atoms with Gasteiger partial charge >= 0.3 is 0 Å². The van der Waals surface area contributed by atoms with Crippen LogP contribution in [0.15, 0.2) is 81.3 Å². The summed E-state index contributed by atoms with van der Waals surface area (Å²) in [5.74, 6) is 0.778. The Balaban J connectivity index is 1.73. The maximum atomic E-state index is 13.2. The van der Waals surface area contributed by atoms with Gasteiger partial charge in [-0.05, 0) is 70.9 Å². The van der Waals surface area contributed by atoms with E-state index in [1.54, 1.807) is 42.5 Å². The number of nitrogens with one attached hydrogen (secondary N) is 1. The molecule has 0 spiro atoms. The fraction of sp³-hybridized carbons (Fsp3) is 0.154. The maximum absolute atomic E-state index is 13.2. The number of carbonyl (C=O) groups is 1. The highest BCUT2D eigenvalue weighted by Crippen LogP contribution is 2.33. The number of nitrogens with zero attached hydrogens (tertiary/aromatic N) is 1. The van der Waals surface area contributed by atoms with Crippen LogP contribution in [0, 0.1) is 5.82 Å². The first-order valence-electron chi connectivity index (χ1n) is 10.6. The van der Waals surface area contributed by atoms with E-state index in [-0.39, 0.29) is 12.4 Å². The highest BCUT2D eigenvalue weighted by atomic mass is 79.9. The zero-order chi connectivity index (χ0) is 25.2. The smallest absolute Gasteiger partial charge is 0.271 e. The van der Waals surface area contributed by atoms with Crippen molar-refractivity contribution in [2.45, 2.75) is 13.5 Å². The van der Waals surface area contributed by atoms with Crippen molar-refractivity contribution in [3.63, 3.8) is 0 Å². The summed E-state index contributed by atoms with van der Waals surface area (Å²) < 4.78 is 31.7. The number of ether oxygens (including phenoxy) is 3. The second kappa shape index (κ2) is 13.1. The van der Waals surface area contributed by atoms with Gasteiger partial charge in [-0.2, -0.15) is 5.10 Å². The van der Waals surface area contributed by atoms with Gasteiger partial charge in [0.05, 0.1) is 17.3 Å². The summed E-state index contributed by atoms with van der Waals surface area (Å²) in [5.41, 5.74) is 4.31. The molecule has 0 aliphatic heterocycles. The van der Waals surface area contributed by atoms with Crippen molar-refractivity contribution in [1.82, 2.24) is 5.43 Å². The monoisotopic (exact) mass is 604 g/mol. The molecule has 182 valence electrons. The summed E-state index contributed by atoms with van der Waals surface area (Å²) in [6.45, 7) is 6.45. The minimum Gasteiger partial charge on any atom is -0.490 e. The number of benzene rings is 3. The van der Waals surface area contributed by atoms with Gasteiger partial charge in [0.2, 0.25) is 0 Å². The van der Waals surface area contributed by atoms with Crippen molar-refractivity contribution >= 4 is 44.0 Å². The summed E-state index contributed by atoms with van der Waals surface area (Å²) >= 11 is 6.94. The van der Waals surface area contributed by atoms with Gasteiger partial charge in [-0.3, -0.25) is 4.79 Å². The lowest BCUT2D eigenvalue weighted by Crippen LogP contribution is -2.18. The summed E-state index contributed by atoms with van der Waals surface area (Å²) in [4.78, 5) is 12.7. The van der Waals surface area contributed by atoms with Crippen molar-refractivity contribution in [2.24, 2.45) is 5.10 Å². The van der Waals surface area contributed by atoms with Crippen LogP contribution in [0.4, 0.5) is 4.39 Å². The van der Waals surface area contributed by atoms with Gasteiger partial charge in [-0.1, -0.05) is 40.7 Å². The van der Waals surface area contributed by atoms with Crippen LogP contribution in [0.25, 0.3) is 0 Å². The number of hydrazone groups is 1. The van der Waals surface area contributed by atoms with Crippen LogP contribution >= 0.6 is 31.9 Å². The van der Waals surface area contributed by atoms with Gasteiger partial charge in [0.1, 0.15) is 24.8 Å². The van der Waals surface area contributed by atoms with Crippen molar-refractivity contribution in [2.75, 3.05) is 13.2 Å². The number of carbonyl (C=O) groups excluding carboxylic acids is 1. The molecule has 0 heterocycles. The molecule has 3 aromatic carbocycles. The standard InChI is InChI=1S/C26H23Br2FN2O4/c1-3-11-34-23-10-7-18(13-24(23)33-4-2)26(32)31-30-15-19-12-20(27)14-22(28)25(19)35-16-17-5-8-21(29)9-6-17/h3,5-10,12-15H,1,4,11,16H2,2H3,(H,31,32)/b30-15+. The van der Waals surface area contributed by atoms with Crippen LogP contribution in [0.2, 0.25) is 0 Å². The van der Waals surface area contributed by atoms with Crippen molar-refractivity contribution < 1.29 is 23.4 Å². The molecule has 0 bridgehead atoms. The molecule has 3 rings (SSSR count). The Kier molecular flexibility index (Phi) is 9.86. The van der Waals surface area contributed by atoms with E-state index in [0.29, 0.717) is 46.1 Å². The maximum Gasteiger partial charge on any atom is 0.271 e. The largest absolute Gasteiger partial charge is 0.490 e. The van der Waals surface area contributed by atoms with Crippen molar-refractivity contribution in [3.05, 3.63) is 98.7 Å². The molecule has 0 aromatic heterocycles. The zero-order valence-corrected chi connectivity index (χ0v) is 22.1. The number of halogens is 3. The first kappa shape index (κ1) is 26.4. The fourth-order valence-corrected chi connectivity index (χ4v) is 4.35. The number of hydrogen-bond acceptors (Lipinski definition) is 5. The van der Waals surface area contributed by atoms with Gasteiger partial charge in [0.15, 0.2) is 11.5 Å².